The Morgan fingerprint density at radius 2 is 1.69 bits per heavy atom. The molecule has 0 radical (unpaired) electrons. The second-order valence-electron chi connectivity index (χ2n) is 7.97. The summed E-state index contributed by atoms with van der Waals surface area (Å²) in [6.45, 7) is 13.7. The fraction of sp³-hybridized carbons (Fsp3) is 0.138. The molecule has 1 aliphatic heterocycles. The van der Waals surface area contributed by atoms with Crippen LogP contribution in [-0.4, -0.2) is 6.54 Å². The predicted molar refractivity (Wildman–Crippen MR) is 134 cm³/mol. The van der Waals surface area contributed by atoms with Crippen molar-refractivity contribution >= 4 is 28.7 Å². The van der Waals surface area contributed by atoms with Crippen molar-refractivity contribution in [1.82, 2.24) is 0 Å². The van der Waals surface area contributed by atoms with Crippen LogP contribution in [0.3, 0.4) is 0 Å². The Bertz CT molecular complexity index is 1250. The van der Waals surface area contributed by atoms with Crippen molar-refractivity contribution in [3.05, 3.63) is 120 Å². The van der Waals surface area contributed by atoms with Crippen molar-refractivity contribution in [2.24, 2.45) is 0 Å². The summed E-state index contributed by atoms with van der Waals surface area (Å²) in [5.74, 6) is 0. The van der Waals surface area contributed by atoms with Gasteiger partial charge in [-0.3, -0.25) is 0 Å². The minimum Gasteiger partial charge on any atom is -1.00 e. The number of aryl methyl sites for hydroxylation is 2. The first-order valence-electron chi connectivity index (χ1n) is 10.7. The Hall–Kier alpha value is -2.92. The molecule has 1 aliphatic rings. The first-order valence-corrected chi connectivity index (χ1v) is 10.7. The quantitative estimate of drug-likeness (QED) is 0.268. The Morgan fingerprint density at radius 1 is 0.906 bits per heavy atom. The zero-order valence-electron chi connectivity index (χ0n) is 18.8. The summed E-state index contributed by atoms with van der Waals surface area (Å²) >= 11 is 0. The Labute approximate surface area is 208 Å². The van der Waals surface area contributed by atoms with Crippen molar-refractivity contribution in [3.8, 4) is 0 Å². The summed E-state index contributed by atoms with van der Waals surface area (Å²) in [4.78, 5) is 2.30. The molecule has 0 saturated carbocycles. The lowest BCUT2D eigenvalue weighted by molar-refractivity contribution is -0.662. The van der Waals surface area contributed by atoms with E-state index in [0.29, 0.717) is 0 Å². The highest BCUT2D eigenvalue weighted by Gasteiger charge is 2.16. The molecule has 162 valence electrons. The number of rotatable bonds is 6. The van der Waals surface area contributed by atoms with Gasteiger partial charge >= 0.3 is 0 Å². The standard InChI is InChI=1S/C29H29N2.HI/c1-5-18-30-26(14-12-24-20-22(3)10-16-28(24)30)8-7-9-27-15-13-25-21-23(4)11-17-29(25)31(27)19-6-2;/h5-17,20-21H,1-2,18-19H2,3-4H3;1H/q+1;/p-1. The molecule has 0 spiro atoms. The molecule has 2 heterocycles. The van der Waals surface area contributed by atoms with E-state index in [1.54, 1.807) is 0 Å². The lowest BCUT2D eigenvalue weighted by atomic mass is 10.0. The van der Waals surface area contributed by atoms with Gasteiger partial charge in [0.1, 0.15) is 0 Å². The van der Waals surface area contributed by atoms with Gasteiger partial charge in [-0.15, -0.1) is 6.58 Å². The second kappa shape index (κ2) is 10.6. The summed E-state index contributed by atoms with van der Waals surface area (Å²) in [6, 6.07) is 17.5. The number of fused-ring (bicyclic) bond motifs is 2. The van der Waals surface area contributed by atoms with Crippen molar-refractivity contribution in [2.75, 3.05) is 11.4 Å². The average molecular weight is 532 g/mol. The number of anilines is 1. The molecule has 0 aliphatic carbocycles. The molecule has 2 nitrogen and oxygen atoms in total. The zero-order valence-corrected chi connectivity index (χ0v) is 20.9. The molecule has 3 aromatic rings. The van der Waals surface area contributed by atoms with Crippen LogP contribution < -0.4 is 33.4 Å². The molecular weight excluding hydrogens is 503 g/mol. The fourth-order valence-electron chi connectivity index (χ4n) is 4.12. The van der Waals surface area contributed by atoms with Gasteiger partial charge in [-0.1, -0.05) is 48.1 Å². The number of nitrogens with zero attached hydrogens (tertiary/aromatic N) is 2. The van der Waals surface area contributed by atoms with Gasteiger partial charge in [-0.05, 0) is 61.9 Å². The monoisotopic (exact) mass is 532 g/mol. The molecule has 0 unspecified atom stereocenters. The third-order valence-corrected chi connectivity index (χ3v) is 5.60. The van der Waals surface area contributed by atoms with E-state index < -0.39 is 0 Å². The molecule has 2 aromatic carbocycles. The number of pyridine rings is 1. The maximum Gasteiger partial charge on any atom is 0.213 e. The van der Waals surface area contributed by atoms with Gasteiger partial charge < -0.3 is 28.9 Å². The molecule has 0 atom stereocenters. The normalized spacial score (nSPS) is 13.9. The summed E-state index contributed by atoms with van der Waals surface area (Å²) < 4.78 is 2.30. The average Bonchev–Trinajstić information content (AvgIpc) is 2.76. The van der Waals surface area contributed by atoms with Crippen molar-refractivity contribution in [3.63, 3.8) is 0 Å². The van der Waals surface area contributed by atoms with Crippen LogP contribution in [-0.2, 0) is 6.54 Å². The Morgan fingerprint density at radius 3 is 2.47 bits per heavy atom. The molecule has 0 N–H and O–H groups in total. The molecule has 0 bridgehead atoms. The molecule has 3 heteroatoms. The first-order chi connectivity index (χ1) is 15.1. The van der Waals surface area contributed by atoms with Gasteiger partial charge in [0.15, 0.2) is 6.54 Å². The second-order valence-corrected chi connectivity index (χ2v) is 7.97. The van der Waals surface area contributed by atoms with Crippen molar-refractivity contribution in [2.45, 2.75) is 20.4 Å². The summed E-state index contributed by atoms with van der Waals surface area (Å²) in [5.41, 5.74) is 8.53. The van der Waals surface area contributed by atoms with E-state index in [9.17, 15) is 0 Å². The summed E-state index contributed by atoms with van der Waals surface area (Å²) in [6.07, 6.45) is 14.7. The number of halogens is 1. The van der Waals surface area contributed by atoms with E-state index in [1.807, 2.05) is 12.2 Å². The number of benzene rings is 2. The third kappa shape index (κ3) is 4.94. The van der Waals surface area contributed by atoms with E-state index in [2.05, 4.69) is 115 Å². The third-order valence-electron chi connectivity index (χ3n) is 5.60. The Kier molecular flexibility index (Phi) is 7.86. The van der Waals surface area contributed by atoms with Crippen LogP contribution in [0.2, 0.25) is 0 Å². The molecule has 4 rings (SSSR count). The largest absolute Gasteiger partial charge is 1.00 e. The summed E-state index contributed by atoms with van der Waals surface area (Å²) in [5, 5.41) is 1.25. The zero-order chi connectivity index (χ0) is 21.8. The lowest BCUT2D eigenvalue weighted by Crippen LogP contribution is -3.00. The van der Waals surface area contributed by atoms with Crippen LogP contribution in [0.25, 0.3) is 23.1 Å². The maximum absolute atomic E-state index is 3.95. The molecule has 0 amide bonds. The Balaban J connectivity index is 0.00000289. The van der Waals surface area contributed by atoms with Crippen LogP contribution in [0, 0.1) is 13.8 Å². The summed E-state index contributed by atoms with van der Waals surface area (Å²) in [7, 11) is 0. The molecule has 0 saturated heterocycles. The minimum atomic E-state index is 0. The van der Waals surface area contributed by atoms with E-state index in [4.69, 9.17) is 0 Å². The van der Waals surface area contributed by atoms with Crippen LogP contribution >= 0.6 is 0 Å². The van der Waals surface area contributed by atoms with Gasteiger partial charge in [0.25, 0.3) is 0 Å². The van der Waals surface area contributed by atoms with Crippen LogP contribution in [0.4, 0.5) is 5.69 Å². The highest BCUT2D eigenvalue weighted by atomic mass is 127. The topological polar surface area (TPSA) is 7.12 Å². The van der Waals surface area contributed by atoms with Crippen molar-refractivity contribution < 1.29 is 28.5 Å². The number of aromatic nitrogens is 1. The lowest BCUT2D eigenvalue weighted by Gasteiger charge is -2.29. The van der Waals surface area contributed by atoms with Gasteiger partial charge in [0, 0.05) is 41.5 Å². The highest BCUT2D eigenvalue weighted by molar-refractivity contribution is 5.78. The van der Waals surface area contributed by atoms with E-state index in [1.165, 1.54) is 33.3 Å². The van der Waals surface area contributed by atoms with Crippen LogP contribution in [0.5, 0.6) is 0 Å². The van der Waals surface area contributed by atoms with Crippen LogP contribution in [0.15, 0.2) is 97.8 Å². The smallest absolute Gasteiger partial charge is 0.213 e. The molecule has 32 heavy (non-hydrogen) atoms. The highest BCUT2D eigenvalue weighted by Crippen LogP contribution is 2.31. The van der Waals surface area contributed by atoms with E-state index in [0.717, 1.165) is 24.5 Å². The van der Waals surface area contributed by atoms with Crippen molar-refractivity contribution in [1.29, 1.82) is 0 Å². The van der Waals surface area contributed by atoms with Crippen LogP contribution in [0.1, 0.15) is 22.4 Å². The SMILES string of the molecule is C=CCN1/C(=C/C=C/c2ccc3cc(C)ccc3[n+]2CC=C)C=Cc2cc(C)ccc21.[I-]. The maximum atomic E-state index is 3.95. The van der Waals surface area contributed by atoms with E-state index in [-0.39, 0.29) is 24.0 Å². The first kappa shape index (κ1) is 23.7. The van der Waals surface area contributed by atoms with Gasteiger partial charge in [-0.25, -0.2) is 0 Å². The molecule has 1 aromatic heterocycles. The minimum absolute atomic E-state index is 0. The number of hydrogen-bond acceptors (Lipinski definition) is 1. The van der Waals surface area contributed by atoms with Gasteiger partial charge in [0.2, 0.25) is 11.2 Å². The number of hydrogen-bond donors (Lipinski definition) is 0. The molecule has 0 fully saturated rings. The number of allylic oxidation sites excluding steroid dienone is 4. The predicted octanol–water partition coefficient (Wildman–Crippen LogP) is 3.55. The van der Waals surface area contributed by atoms with E-state index >= 15 is 0 Å². The van der Waals surface area contributed by atoms with Gasteiger partial charge in [-0.2, -0.15) is 4.57 Å². The fourth-order valence-corrected chi connectivity index (χ4v) is 4.12. The van der Waals surface area contributed by atoms with Gasteiger partial charge in [0.05, 0.1) is 0 Å². The molecular formula is C29H29IN2.